The first-order valence-electron chi connectivity index (χ1n) is 12.4. The third-order valence-corrected chi connectivity index (χ3v) is 7.15. The molecule has 0 bridgehead atoms. The molecule has 1 saturated carbocycles. The average molecular weight is 503 g/mol. The molecule has 1 aliphatic rings. The van der Waals surface area contributed by atoms with Crippen LogP contribution in [0.2, 0.25) is 5.02 Å². The van der Waals surface area contributed by atoms with Crippen molar-refractivity contribution < 1.29 is 18.9 Å². The second-order valence-electron chi connectivity index (χ2n) is 9.32. The highest BCUT2D eigenvalue weighted by Crippen LogP contribution is 2.27. The quantitative estimate of drug-likeness (QED) is 0.425. The van der Waals surface area contributed by atoms with Crippen LogP contribution >= 0.6 is 11.6 Å². The van der Waals surface area contributed by atoms with Crippen LogP contribution in [0.5, 0.6) is 0 Å². The van der Waals surface area contributed by atoms with Gasteiger partial charge in [0.25, 0.3) is 5.91 Å². The number of nitrogens with one attached hydrogen (secondary N) is 3. The summed E-state index contributed by atoms with van der Waals surface area (Å²) >= 11 is 6.21. The molecule has 0 radical (unpaired) electrons. The number of carbonyl (C=O) groups excluding carboxylic acids is 3. The standard InChI is InChI=1S/C26H35ClN4O4/c1-3-17(2)23(26(34)28-16-19-11-7-8-12-20(19)27)31-24(32)21(15-18-9-5-4-6-10-18)30-25(33)22-13-14-29-35-22/h7-8,11-14,17-18,21,23H,3-6,9-10,15-16H2,1-2H3,(H,28,34)(H,30,33)(H,31,32)/t17-,21-,23-/m0/s1. The van der Waals surface area contributed by atoms with E-state index >= 15 is 0 Å². The third kappa shape index (κ3) is 7.82. The number of rotatable bonds is 11. The molecule has 3 rings (SSSR count). The lowest BCUT2D eigenvalue weighted by molar-refractivity contribution is -0.131. The maximum Gasteiger partial charge on any atom is 0.290 e. The lowest BCUT2D eigenvalue weighted by atomic mass is 9.84. The van der Waals surface area contributed by atoms with Crippen molar-refractivity contribution in [2.75, 3.05) is 0 Å². The van der Waals surface area contributed by atoms with Gasteiger partial charge in [-0.1, -0.05) is 87.3 Å². The first-order chi connectivity index (χ1) is 16.9. The smallest absolute Gasteiger partial charge is 0.290 e. The Hall–Kier alpha value is -2.87. The van der Waals surface area contributed by atoms with Crippen LogP contribution in [0.25, 0.3) is 0 Å². The minimum absolute atomic E-state index is 0.0439. The Balaban J connectivity index is 1.70. The van der Waals surface area contributed by atoms with E-state index in [1.807, 2.05) is 32.0 Å². The number of aromatic nitrogens is 1. The van der Waals surface area contributed by atoms with Gasteiger partial charge in [-0.15, -0.1) is 0 Å². The van der Waals surface area contributed by atoms with E-state index in [0.29, 0.717) is 23.8 Å². The van der Waals surface area contributed by atoms with E-state index in [-0.39, 0.29) is 30.0 Å². The molecule has 190 valence electrons. The van der Waals surface area contributed by atoms with Crippen molar-refractivity contribution in [3.8, 4) is 0 Å². The van der Waals surface area contributed by atoms with Gasteiger partial charge in [0, 0.05) is 17.6 Å². The van der Waals surface area contributed by atoms with Gasteiger partial charge < -0.3 is 20.5 Å². The summed E-state index contributed by atoms with van der Waals surface area (Å²) in [7, 11) is 0. The van der Waals surface area contributed by atoms with Crippen LogP contribution in [0.1, 0.15) is 74.9 Å². The minimum atomic E-state index is -0.779. The summed E-state index contributed by atoms with van der Waals surface area (Å²) in [6.45, 7) is 4.15. The topological polar surface area (TPSA) is 113 Å². The Morgan fingerprint density at radius 1 is 1.09 bits per heavy atom. The van der Waals surface area contributed by atoms with Crippen molar-refractivity contribution in [2.45, 2.75) is 77.4 Å². The fourth-order valence-electron chi connectivity index (χ4n) is 4.44. The lowest BCUT2D eigenvalue weighted by Crippen LogP contribution is -2.56. The van der Waals surface area contributed by atoms with Crippen LogP contribution in [-0.4, -0.2) is 35.0 Å². The van der Waals surface area contributed by atoms with Crippen LogP contribution in [0.15, 0.2) is 41.1 Å². The maximum atomic E-state index is 13.4. The zero-order valence-corrected chi connectivity index (χ0v) is 21.1. The zero-order valence-electron chi connectivity index (χ0n) is 20.4. The van der Waals surface area contributed by atoms with Gasteiger partial charge in [-0.25, -0.2) is 0 Å². The van der Waals surface area contributed by atoms with Gasteiger partial charge in [-0.2, -0.15) is 0 Å². The summed E-state index contributed by atoms with van der Waals surface area (Å²) in [4.78, 5) is 39.2. The van der Waals surface area contributed by atoms with Crippen molar-refractivity contribution in [1.29, 1.82) is 0 Å². The van der Waals surface area contributed by atoms with Crippen LogP contribution in [0, 0.1) is 11.8 Å². The fourth-order valence-corrected chi connectivity index (χ4v) is 4.64. The summed E-state index contributed by atoms with van der Waals surface area (Å²) in [5, 5.41) is 12.7. The van der Waals surface area contributed by atoms with E-state index in [1.165, 1.54) is 18.7 Å². The number of hydrogen-bond donors (Lipinski definition) is 3. The Kier molecular flexibility index (Phi) is 10.1. The van der Waals surface area contributed by atoms with Crippen molar-refractivity contribution in [3.05, 3.63) is 52.9 Å². The Morgan fingerprint density at radius 3 is 2.49 bits per heavy atom. The number of hydrogen-bond acceptors (Lipinski definition) is 5. The second-order valence-corrected chi connectivity index (χ2v) is 9.73. The van der Waals surface area contributed by atoms with Crippen molar-refractivity contribution >= 4 is 29.3 Å². The molecule has 0 spiro atoms. The molecule has 0 saturated heterocycles. The highest BCUT2D eigenvalue weighted by atomic mass is 35.5. The second kappa shape index (κ2) is 13.3. The molecule has 0 unspecified atom stereocenters. The first-order valence-corrected chi connectivity index (χ1v) is 12.8. The summed E-state index contributed by atoms with van der Waals surface area (Å²) < 4.78 is 4.96. The van der Waals surface area contributed by atoms with Gasteiger partial charge >= 0.3 is 0 Å². The molecule has 8 nitrogen and oxygen atoms in total. The van der Waals surface area contributed by atoms with Gasteiger partial charge in [-0.3, -0.25) is 14.4 Å². The largest absolute Gasteiger partial charge is 0.351 e. The summed E-state index contributed by atoms with van der Waals surface area (Å²) in [6, 6.07) is 7.23. The molecule has 1 aliphatic carbocycles. The molecular weight excluding hydrogens is 468 g/mol. The molecule has 3 atom stereocenters. The number of carbonyl (C=O) groups is 3. The van der Waals surface area contributed by atoms with E-state index in [4.69, 9.17) is 16.1 Å². The molecule has 1 fully saturated rings. The Bertz CT molecular complexity index is 975. The van der Waals surface area contributed by atoms with E-state index in [9.17, 15) is 14.4 Å². The number of amides is 3. The Morgan fingerprint density at radius 2 is 1.83 bits per heavy atom. The molecule has 35 heavy (non-hydrogen) atoms. The SMILES string of the molecule is CC[C@H](C)[C@H](NC(=O)[C@H](CC1CCCCC1)NC(=O)c1ccno1)C(=O)NCc1ccccc1Cl. The zero-order chi connectivity index (χ0) is 25.2. The van der Waals surface area contributed by atoms with E-state index < -0.39 is 18.0 Å². The third-order valence-electron chi connectivity index (χ3n) is 6.78. The van der Waals surface area contributed by atoms with E-state index in [0.717, 1.165) is 31.2 Å². The number of benzene rings is 1. The minimum Gasteiger partial charge on any atom is -0.351 e. The maximum absolute atomic E-state index is 13.4. The Labute approximate surface area is 211 Å². The van der Waals surface area contributed by atoms with Crippen LogP contribution in [-0.2, 0) is 16.1 Å². The molecule has 9 heteroatoms. The highest BCUT2D eigenvalue weighted by molar-refractivity contribution is 6.31. The normalized spacial score (nSPS) is 16.7. The van der Waals surface area contributed by atoms with E-state index in [1.54, 1.807) is 6.07 Å². The summed E-state index contributed by atoms with van der Waals surface area (Å²) in [5.74, 6) is -0.882. The number of halogens is 1. The van der Waals surface area contributed by atoms with Gasteiger partial charge in [0.2, 0.25) is 17.6 Å². The highest BCUT2D eigenvalue weighted by Gasteiger charge is 2.32. The summed E-state index contributed by atoms with van der Waals surface area (Å²) in [5.41, 5.74) is 0.797. The van der Waals surface area contributed by atoms with Crippen molar-refractivity contribution in [2.24, 2.45) is 11.8 Å². The molecule has 3 amide bonds. The van der Waals surface area contributed by atoms with E-state index in [2.05, 4.69) is 21.1 Å². The van der Waals surface area contributed by atoms with Crippen LogP contribution in [0.3, 0.4) is 0 Å². The molecular formula is C26H35ClN4O4. The van der Waals surface area contributed by atoms with Crippen molar-refractivity contribution in [1.82, 2.24) is 21.1 Å². The van der Waals surface area contributed by atoms with Gasteiger partial charge in [-0.05, 0) is 29.9 Å². The van der Waals surface area contributed by atoms with Crippen LogP contribution < -0.4 is 16.0 Å². The van der Waals surface area contributed by atoms with Gasteiger partial charge in [0.05, 0.1) is 6.20 Å². The number of nitrogens with zero attached hydrogens (tertiary/aromatic N) is 1. The van der Waals surface area contributed by atoms with Gasteiger partial charge in [0.1, 0.15) is 12.1 Å². The molecule has 1 aromatic carbocycles. The molecule has 0 aliphatic heterocycles. The van der Waals surface area contributed by atoms with Crippen molar-refractivity contribution in [3.63, 3.8) is 0 Å². The van der Waals surface area contributed by atoms with Gasteiger partial charge in [0.15, 0.2) is 0 Å². The molecule has 3 N–H and O–H groups in total. The molecule has 1 aromatic heterocycles. The van der Waals surface area contributed by atoms with Crippen LogP contribution in [0.4, 0.5) is 0 Å². The fraction of sp³-hybridized carbons (Fsp3) is 0.538. The lowest BCUT2D eigenvalue weighted by Gasteiger charge is -2.29. The molecule has 1 heterocycles. The predicted octanol–water partition coefficient (Wildman–Crippen LogP) is 4.24. The average Bonchev–Trinajstić information content (AvgIpc) is 3.41. The summed E-state index contributed by atoms with van der Waals surface area (Å²) in [6.07, 6.45) is 8.07. The monoisotopic (exact) mass is 502 g/mol. The predicted molar refractivity (Wildman–Crippen MR) is 134 cm³/mol. The molecule has 2 aromatic rings. The first kappa shape index (κ1) is 26.7.